The molecule has 2 rings (SSSR count). The number of allylic oxidation sites excluding steroid dienone is 1. The fourth-order valence-electron chi connectivity index (χ4n) is 2.35. The van der Waals surface area contributed by atoms with E-state index in [9.17, 15) is 13.6 Å². The number of hydrazone groups is 1. The second-order valence-corrected chi connectivity index (χ2v) is 7.58. The molecular formula is C22H26F2N4O. The minimum Gasteiger partial charge on any atom is -0.355 e. The minimum absolute atomic E-state index is 0.0925. The number of hydrogen-bond acceptors (Lipinski definition) is 4. The number of carbonyl (C=O) groups excluding carboxylic acids is 1. The molecule has 0 atom stereocenters. The first-order valence-corrected chi connectivity index (χ1v) is 9.31. The molecule has 0 aliphatic rings. The highest BCUT2D eigenvalue weighted by Crippen LogP contribution is 2.20. The lowest BCUT2D eigenvalue weighted by atomic mass is 9.99. The van der Waals surface area contributed by atoms with Crippen LogP contribution in [0.5, 0.6) is 0 Å². The Morgan fingerprint density at radius 3 is 2.38 bits per heavy atom. The van der Waals surface area contributed by atoms with Crippen molar-refractivity contribution in [3.8, 4) is 0 Å². The van der Waals surface area contributed by atoms with E-state index in [0.29, 0.717) is 23.5 Å². The van der Waals surface area contributed by atoms with Crippen LogP contribution in [0, 0.1) is 17.0 Å². The summed E-state index contributed by atoms with van der Waals surface area (Å²) in [7, 11) is 0. The van der Waals surface area contributed by atoms with E-state index in [0.717, 1.165) is 6.07 Å². The summed E-state index contributed by atoms with van der Waals surface area (Å²) in [4.78, 5) is 12.6. The molecule has 3 N–H and O–H groups in total. The van der Waals surface area contributed by atoms with Crippen LogP contribution in [-0.4, -0.2) is 12.1 Å². The van der Waals surface area contributed by atoms with Crippen molar-refractivity contribution in [2.75, 3.05) is 5.32 Å². The molecule has 2 aromatic rings. The van der Waals surface area contributed by atoms with Crippen LogP contribution in [0.15, 0.2) is 59.5 Å². The van der Waals surface area contributed by atoms with E-state index in [2.05, 4.69) is 21.2 Å². The molecule has 1 amide bonds. The normalized spacial score (nSPS) is 12.1. The van der Waals surface area contributed by atoms with Gasteiger partial charge in [0.2, 0.25) is 0 Å². The largest absolute Gasteiger partial charge is 0.355 e. The summed E-state index contributed by atoms with van der Waals surface area (Å²) in [5, 5.41) is 9.83. The molecule has 5 nitrogen and oxygen atoms in total. The van der Waals surface area contributed by atoms with Gasteiger partial charge in [-0.1, -0.05) is 33.8 Å². The number of carbonyl (C=O) groups is 1. The zero-order valence-electron chi connectivity index (χ0n) is 17.0. The summed E-state index contributed by atoms with van der Waals surface area (Å²) in [5.41, 5.74) is 3.92. The Kier molecular flexibility index (Phi) is 7.47. The summed E-state index contributed by atoms with van der Waals surface area (Å²) in [6.45, 7) is 8.00. The molecule has 154 valence electrons. The van der Waals surface area contributed by atoms with Gasteiger partial charge >= 0.3 is 0 Å². The van der Waals surface area contributed by atoms with Gasteiger partial charge in [-0.15, -0.1) is 0 Å². The maximum Gasteiger partial charge on any atom is 0.256 e. The number of nitrogens with one attached hydrogen (secondary N) is 3. The molecule has 29 heavy (non-hydrogen) atoms. The number of hydrogen-bond donors (Lipinski definition) is 3. The average Bonchev–Trinajstić information content (AvgIpc) is 2.60. The van der Waals surface area contributed by atoms with Crippen molar-refractivity contribution in [3.63, 3.8) is 0 Å². The van der Waals surface area contributed by atoms with Crippen molar-refractivity contribution in [2.45, 2.75) is 34.1 Å². The third-order valence-corrected chi connectivity index (χ3v) is 3.57. The number of rotatable bonds is 7. The van der Waals surface area contributed by atoms with Crippen LogP contribution < -0.4 is 16.1 Å². The molecule has 0 aliphatic heterocycles. The Morgan fingerprint density at radius 1 is 1.07 bits per heavy atom. The average molecular weight is 400 g/mol. The lowest BCUT2D eigenvalue weighted by molar-refractivity contribution is 0.0963. The van der Waals surface area contributed by atoms with Gasteiger partial charge in [0.1, 0.15) is 17.5 Å². The van der Waals surface area contributed by atoms with Gasteiger partial charge in [-0.05, 0) is 48.2 Å². The van der Waals surface area contributed by atoms with Crippen LogP contribution >= 0.6 is 0 Å². The molecule has 0 spiro atoms. The van der Waals surface area contributed by atoms with Gasteiger partial charge in [-0.3, -0.25) is 10.2 Å². The number of halogens is 2. The lowest BCUT2D eigenvalue weighted by Gasteiger charge is -2.13. The van der Waals surface area contributed by atoms with E-state index in [1.165, 1.54) is 12.1 Å². The summed E-state index contributed by atoms with van der Waals surface area (Å²) in [6, 6.07) is 9.78. The first kappa shape index (κ1) is 22.1. The highest BCUT2D eigenvalue weighted by Gasteiger charge is 2.10. The quantitative estimate of drug-likeness (QED) is 0.436. The maximum atomic E-state index is 13.4. The standard InChI is InChI=1S/C22H26F2N4O/c1-5-7-20(28-25-14-22(2,3)4)27-21(29)15-8-6-9-18(10-15)26-19-12-16(23)11-17(24)13-19/h6-14,26,28H,5H2,1-4H3,(H,27,29)/b20-7-,25-14+. The first-order chi connectivity index (χ1) is 13.7. The van der Waals surface area contributed by atoms with Gasteiger partial charge in [0, 0.05) is 29.2 Å². The van der Waals surface area contributed by atoms with E-state index in [-0.39, 0.29) is 17.0 Å². The van der Waals surface area contributed by atoms with Crippen molar-refractivity contribution in [1.29, 1.82) is 0 Å². The molecule has 0 saturated carbocycles. The Morgan fingerprint density at radius 2 is 1.76 bits per heavy atom. The first-order valence-electron chi connectivity index (χ1n) is 9.31. The highest BCUT2D eigenvalue weighted by molar-refractivity contribution is 5.96. The van der Waals surface area contributed by atoms with Crippen LogP contribution in [0.1, 0.15) is 44.5 Å². The molecule has 0 saturated heterocycles. The monoisotopic (exact) mass is 400 g/mol. The molecular weight excluding hydrogens is 374 g/mol. The van der Waals surface area contributed by atoms with Gasteiger partial charge in [-0.2, -0.15) is 5.10 Å². The number of amides is 1. The molecule has 0 fully saturated rings. The predicted molar refractivity (Wildman–Crippen MR) is 113 cm³/mol. The second-order valence-electron chi connectivity index (χ2n) is 7.58. The second kappa shape index (κ2) is 9.82. The van der Waals surface area contributed by atoms with Crippen LogP contribution in [0.2, 0.25) is 0 Å². The Labute approximate surface area is 169 Å². The SMILES string of the molecule is CC/C=C(\N/N=C/C(C)(C)C)NC(=O)c1cccc(Nc2cc(F)cc(F)c2)c1. The molecule has 0 heterocycles. The zero-order chi connectivity index (χ0) is 21.4. The molecule has 0 unspecified atom stereocenters. The fraction of sp³-hybridized carbons (Fsp3) is 0.273. The third kappa shape index (κ3) is 7.73. The highest BCUT2D eigenvalue weighted by atomic mass is 19.1. The van der Waals surface area contributed by atoms with E-state index in [1.54, 1.807) is 30.5 Å². The minimum atomic E-state index is -0.683. The Bertz CT molecular complexity index is 897. The van der Waals surface area contributed by atoms with Crippen molar-refractivity contribution in [1.82, 2.24) is 10.7 Å². The number of anilines is 2. The van der Waals surface area contributed by atoms with Gasteiger partial charge < -0.3 is 10.6 Å². The molecule has 2 aromatic carbocycles. The van der Waals surface area contributed by atoms with Crippen LogP contribution in [-0.2, 0) is 0 Å². The molecule has 0 aliphatic carbocycles. The maximum absolute atomic E-state index is 13.4. The number of nitrogens with zero attached hydrogens (tertiary/aromatic N) is 1. The van der Waals surface area contributed by atoms with Gasteiger partial charge in [-0.25, -0.2) is 8.78 Å². The summed E-state index contributed by atoms with van der Waals surface area (Å²) in [6.07, 6.45) is 4.28. The van der Waals surface area contributed by atoms with Crippen LogP contribution in [0.4, 0.5) is 20.2 Å². The van der Waals surface area contributed by atoms with Gasteiger partial charge in [0.25, 0.3) is 5.91 Å². The number of benzene rings is 2. The Balaban J connectivity index is 2.10. The van der Waals surface area contributed by atoms with Gasteiger partial charge in [0.15, 0.2) is 0 Å². The predicted octanol–water partition coefficient (Wildman–Crippen LogP) is 5.31. The fourth-order valence-corrected chi connectivity index (χ4v) is 2.35. The molecule has 0 bridgehead atoms. The van der Waals surface area contributed by atoms with Crippen LogP contribution in [0.3, 0.4) is 0 Å². The summed E-state index contributed by atoms with van der Waals surface area (Å²) >= 11 is 0. The van der Waals surface area contributed by atoms with E-state index < -0.39 is 11.6 Å². The van der Waals surface area contributed by atoms with Crippen LogP contribution in [0.25, 0.3) is 0 Å². The molecule has 7 heteroatoms. The van der Waals surface area contributed by atoms with E-state index >= 15 is 0 Å². The van der Waals surface area contributed by atoms with Crippen molar-refractivity contribution in [3.05, 3.63) is 71.6 Å². The zero-order valence-corrected chi connectivity index (χ0v) is 17.0. The van der Waals surface area contributed by atoms with Gasteiger partial charge in [0.05, 0.1) is 0 Å². The van der Waals surface area contributed by atoms with E-state index in [4.69, 9.17) is 0 Å². The van der Waals surface area contributed by atoms with Crippen molar-refractivity contribution < 1.29 is 13.6 Å². The third-order valence-electron chi connectivity index (χ3n) is 3.57. The summed E-state index contributed by atoms with van der Waals surface area (Å²) < 4.78 is 26.7. The van der Waals surface area contributed by atoms with E-state index in [1.807, 2.05) is 33.8 Å². The molecule has 0 radical (unpaired) electrons. The Hall–Kier alpha value is -3.22. The smallest absolute Gasteiger partial charge is 0.256 e. The topological polar surface area (TPSA) is 65.5 Å². The summed E-state index contributed by atoms with van der Waals surface area (Å²) in [5.74, 6) is -1.23. The lowest BCUT2D eigenvalue weighted by Crippen LogP contribution is -2.29. The molecule has 0 aromatic heterocycles. The van der Waals surface area contributed by atoms with Crippen molar-refractivity contribution >= 4 is 23.5 Å². The van der Waals surface area contributed by atoms with Crippen molar-refractivity contribution in [2.24, 2.45) is 10.5 Å².